The summed E-state index contributed by atoms with van der Waals surface area (Å²) >= 11 is 0. The third-order valence-electron chi connectivity index (χ3n) is 3.46. The Morgan fingerprint density at radius 1 is 1.37 bits per heavy atom. The van der Waals surface area contributed by atoms with Crippen molar-refractivity contribution >= 4 is 9.84 Å². The van der Waals surface area contributed by atoms with Crippen LogP contribution in [-0.4, -0.2) is 32.5 Å². The van der Waals surface area contributed by atoms with E-state index in [2.05, 4.69) is 5.32 Å². The van der Waals surface area contributed by atoms with Crippen LogP contribution in [0.2, 0.25) is 0 Å². The van der Waals surface area contributed by atoms with Gasteiger partial charge in [-0.05, 0) is 50.1 Å². The summed E-state index contributed by atoms with van der Waals surface area (Å²) in [6, 6.07) is 4.41. The number of nitrogens with one attached hydrogen (secondary N) is 1. The zero-order chi connectivity index (χ0) is 14.6. The largest absolute Gasteiger partial charge is 0.313 e. The molecule has 0 radical (unpaired) electrons. The van der Waals surface area contributed by atoms with Gasteiger partial charge in [0.05, 0.1) is 5.25 Å². The van der Waals surface area contributed by atoms with E-state index in [1.54, 1.807) is 13.0 Å². The van der Waals surface area contributed by atoms with E-state index in [1.165, 1.54) is 18.4 Å². The zero-order valence-corrected chi connectivity index (χ0v) is 12.7. The fourth-order valence-corrected chi connectivity index (χ4v) is 2.85. The number of benzene rings is 1. The van der Waals surface area contributed by atoms with Gasteiger partial charge < -0.3 is 5.32 Å². The van der Waals surface area contributed by atoms with Gasteiger partial charge in [0.1, 0.15) is 5.82 Å². The molecule has 3 nitrogen and oxygen atoms in total. The van der Waals surface area contributed by atoms with Gasteiger partial charge in [-0.1, -0.05) is 13.0 Å². The number of sulfone groups is 1. The molecule has 2 atom stereocenters. The standard InChI is InChI=1S/C14H22FNO2S/c1-5-16-14(11(3)19(4,17)18)9-12-8-13(15)7-6-10(12)2/h6-8,11,14,16H,5,9H2,1-4H3. The zero-order valence-electron chi connectivity index (χ0n) is 11.9. The van der Waals surface area contributed by atoms with Crippen LogP contribution in [0.3, 0.4) is 0 Å². The maximum Gasteiger partial charge on any atom is 0.151 e. The summed E-state index contributed by atoms with van der Waals surface area (Å²) in [5.74, 6) is -0.289. The predicted octanol–water partition coefficient (Wildman–Crippen LogP) is 2.09. The van der Waals surface area contributed by atoms with Crippen molar-refractivity contribution in [3.05, 3.63) is 35.1 Å². The number of rotatable bonds is 6. The first-order valence-corrected chi connectivity index (χ1v) is 8.38. The lowest BCUT2D eigenvalue weighted by Gasteiger charge is -2.24. The van der Waals surface area contributed by atoms with Gasteiger partial charge in [-0.15, -0.1) is 0 Å². The van der Waals surface area contributed by atoms with Gasteiger partial charge in [-0.2, -0.15) is 0 Å². The Morgan fingerprint density at radius 3 is 2.53 bits per heavy atom. The van der Waals surface area contributed by atoms with Crippen LogP contribution in [0.5, 0.6) is 0 Å². The molecule has 0 heterocycles. The highest BCUT2D eigenvalue weighted by Crippen LogP contribution is 2.16. The molecule has 0 bridgehead atoms. The second-order valence-corrected chi connectivity index (χ2v) is 7.38. The van der Waals surface area contributed by atoms with Gasteiger partial charge in [0.15, 0.2) is 9.84 Å². The topological polar surface area (TPSA) is 46.2 Å². The lowest BCUT2D eigenvalue weighted by atomic mass is 9.99. The van der Waals surface area contributed by atoms with Gasteiger partial charge in [0.25, 0.3) is 0 Å². The average Bonchev–Trinajstić information content (AvgIpc) is 2.31. The van der Waals surface area contributed by atoms with Gasteiger partial charge in [0.2, 0.25) is 0 Å². The van der Waals surface area contributed by atoms with E-state index in [1.807, 2.05) is 13.8 Å². The summed E-state index contributed by atoms with van der Waals surface area (Å²) in [6.07, 6.45) is 1.74. The van der Waals surface area contributed by atoms with E-state index in [4.69, 9.17) is 0 Å². The van der Waals surface area contributed by atoms with Crippen LogP contribution in [0.15, 0.2) is 18.2 Å². The third kappa shape index (κ3) is 4.58. The molecule has 0 aromatic heterocycles. The quantitative estimate of drug-likeness (QED) is 0.871. The lowest BCUT2D eigenvalue weighted by Crippen LogP contribution is -2.43. The molecule has 0 amide bonds. The van der Waals surface area contributed by atoms with Crippen LogP contribution < -0.4 is 5.32 Å². The van der Waals surface area contributed by atoms with Crippen LogP contribution in [0.1, 0.15) is 25.0 Å². The molecule has 0 aliphatic carbocycles. The van der Waals surface area contributed by atoms with Crippen molar-refractivity contribution in [3.8, 4) is 0 Å². The van der Waals surface area contributed by atoms with E-state index < -0.39 is 15.1 Å². The van der Waals surface area contributed by atoms with Crippen molar-refractivity contribution in [3.63, 3.8) is 0 Å². The Labute approximate surface area is 115 Å². The molecular weight excluding hydrogens is 265 g/mol. The van der Waals surface area contributed by atoms with Crippen molar-refractivity contribution in [1.29, 1.82) is 0 Å². The number of likely N-dealkylation sites (N-methyl/N-ethyl adjacent to an activating group) is 1. The SMILES string of the molecule is CCNC(Cc1cc(F)ccc1C)C(C)S(C)(=O)=O. The van der Waals surface area contributed by atoms with E-state index in [0.29, 0.717) is 13.0 Å². The van der Waals surface area contributed by atoms with Gasteiger partial charge in [0, 0.05) is 12.3 Å². The average molecular weight is 287 g/mol. The summed E-state index contributed by atoms with van der Waals surface area (Å²) < 4.78 is 36.6. The summed E-state index contributed by atoms with van der Waals surface area (Å²) in [5, 5.41) is 2.68. The number of halogens is 1. The lowest BCUT2D eigenvalue weighted by molar-refractivity contribution is 0.492. The van der Waals surface area contributed by atoms with Gasteiger partial charge in [-0.25, -0.2) is 12.8 Å². The van der Waals surface area contributed by atoms with Crippen molar-refractivity contribution in [2.24, 2.45) is 0 Å². The molecule has 0 aliphatic heterocycles. The monoisotopic (exact) mass is 287 g/mol. The van der Waals surface area contributed by atoms with Gasteiger partial charge in [-0.3, -0.25) is 0 Å². The smallest absolute Gasteiger partial charge is 0.151 e. The molecular formula is C14H22FNO2S. The molecule has 0 saturated heterocycles. The van der Waals surface area contributed by atoms with Crippen molar-refractivity contribution < 1.29 is 12.8 Å². The fourth-order valence-electron chi connectivity index (χ4n) is 2.06. The highest BCUT2D eigenvalue weighted by Gasteiger charge is 2.25. The predicted molar refractivity (Wildman–Crippen MR) is 76.6 cm³/mol. The summed E-state index contributed by atoms with van der Waals surface area (Å²) in [5.41, 5.74) is 1.83. The molecule has 108 valence electrons. The van der Waals surface area contributed by atoms with E-state index in [0.717, 1.165) is 11.1 Å². The first-order chi connectivity index (χ1) is 8.75. The summed E-state index contributed by atoms with van der Waals surface area (Å²) in [4.78, 5) is 0. The normalized spacial score (nSPS) is 15.2. The fraction of sp³-hybridized carbons (Fsp3) is 0.571. The molecule has 1 aromatic rings. The molecule has 0 aliphatic rings. The van der Waals surface area contributed by atoms with Crippen molar-refractivity contribution in [2.75, 3.05) is 12.8 Å². The van der Waals surface area contributed by atoms with E-state index >= 15 is 0 Å². The Hall–Kier alpha value is -0.940. The Kier molecular flexibility index (Phi) is 5.50. The van der Waals surface area contributed by atoms with Crippen molar-refractivity contribution in [2.45, 2.75) is 38.5 Å². The maximum absolute atomic E-state index is 13.3. The Bertz CT molecular complexity index is 528. The molecule has 1 N–H and O–H groups in total. The van der Waals surface area contributed by atoms with Gasteiger partial charge >= 0.3 is 0 Å². The highest BCUT2D eigenvalue weighted by atomic mass is 32.2. The number of hydrogen-bond donors (Lipinski definition) is 1. The van der Waals surface area contributed by atoms with Crippen LogP contribution in [0.25, 0.3) is 0 Å². The van der Waals surface area contributed by atoms with E-state index in [-0.39, 0.29) is 11.9 Å². The second kappa shape index (κ2) is 6.48. The van der Waals surface area contributed by atoms with Crippen LogP contribution in [-0.2, 0) is 16.3 Å². The summed E-state index contributed by atoms with van der Waals surface area (Å²) in [7, 11) is -3.12. The van der Waals surface area contributed by atoms with Crippen LogP contribution in [0, 0.1) is 12.7 Å². The Balaban J connectivity index is 2.99. The van der Waals surface area contributed by atoms with Crippen LogP contribution in [0.4, 0.5) is 4.39 Å². The first-order valence-electron chi connectivity index (χ1n) is 6.43. The van der Waals surface area contributed by atoms with Crippen LogP contribution >= 0.6 is 0 Å². The second-order valence-electron chi connectivity index (χ2n) is 4.97. The summed E-state index contributed by atoms with van der Waals surface area (Å²) in [6.45, 7) is 6.21. The highest BCUT2D eigenvalue weighted by molar-refractivity contribution is 7.91. The molecule has 19 heavy (non-hydrogen) atoms. The molecule has 2 unspecified atom stereocenters. The molecule has 1 aromatic carbocycles. The molecule has 0 fully saturated rings. The molecule has 0 spiro atoms. The Morgan fingerprint density at radius 2 is 2.00 bits per heavy atom. The molecule has 0 saturated carbocycles. The molecule has 1 rings (SSSR count). The number of hydrogen-bond acceptors (Lipinski definition) is 3. The third-order valence-corrected chi connectivity index (χ3v) is 5.14. The van der Waals surface area contributed by atoms with E-state index in [9.17, 15) is 12.8 Å². The number of aryl methyl sites for hydroxylation is 1. The minimum absolute atomic E-state index is 0.208. The maximum atomic E-state index is 13.3. The first kappa shape index (κ1) is 16.1. The van der Waals surface area contributed by atoms with Crippen molar-refractivity contribution in [1.82, 2.24) is 5.32 Å². The molecule has 5 heteroatoms. The minimum atomic E-state index is -3.12. The minimum Gasteiger partial charge on any atom is -0.313 e.